The van der Waals surface area contributed by atoms with Crippen LogP contribution in [0, 0.1) is 0 Å². The van der Waals surface area contributed by atoms with Crippen molar-refractivity contribution in [2.24, 2.45) is 10.7 Å². The predicted molar refractivity (Wildman–Crippen MR) is 25.4 cm³/mol. The van der Waals surface area contributed by atoms with Crippen LogP contribution in [0.3, 0.4) is 0 Å². The van der Waals surface area contributed by atoms with Crippen LogP contribution < -0.4 is 5.73 Å². The molecule has 0 spiro atoms. The Morgan fingerprint density at radius 3 is 2.83 bits per heavy atom. The number of hydrogen-bond donors (Lipinski definition) is 1. The first-order valence-corrected chi connectivity index (χ1v) is 1.88. The summed E-state index contributed by atoms with van der Waals surface area (Å²) in [6.45, 7) is 0. The summed E-state index contributed by atoms with van der Waals surface area (Å²) in [7, 11) is 0. The lowest BCUT2D eigenvalue weighted by molar-refractivity contribution is 1.27. The first-order valence-electron chi connectivity index (χ1n) is 1.88. The smallest absolute Gasteiger partial charge is 0.119 e. The quantitative estimate of drug-likeness (QED) is 0.447. The molecule has 2 nitrogen and oxygen atoms in total. The van der Waals surface area contributed by atoms with Crippen molar-refractivity contribution in [1.82, 2.24) is 0 Å². The predicted octanol–water partition coefficient (Wildman–Crippen LogP) is 0.261. The Balaban J connectivity index is 2.68. The van der Waals surface area contributed by atoms with Crippen molar-refractivity contribution in [3.63, 3.8) is 0 Å². The topological polar surface area (TPSA) is 38.4 Å². The molecule has 32 valence electrons. The summed E-state index contributed by atoms with van der Waals surface area (Å²) in [4.78, 5) is 3.75. The third-order valence-corrected chi connectivity index (χ3v) is 0.673. The van der Waals surface area contributed by atoms with Gasteiger partial charge in [-0.05, 0) is 6.08 Å². The number of nitrogens with two attached hydrogens (primary N) is 1. The van der Waals surface area contributed by atoms with Crippen LogP contribution in [0.25, 0.3) is 0 Å². The van der Waals surface area contributed by atoms with Gasteiger partial charge in [0.05, 0.1) is 0 Å². The van der Waals surface area contributed by atoms with E-state index in [1.165, 1.54) is 0 Å². The molecule has 1 aliphatic heterocycles. The van der Waals surface area contributed by atoms with E-state index in [9.17, 15) is 0 Å². The van der Waals surface area contributed by atoms with E-state index in [1.807, 2.05) is 6.08 Å². The molecule has 2 N–H and O–H groups in total. The summed E-state index contributed by atoms with van der Waals surface area (Å²) < 4.78 is 0. The van der Waals surface area contributed by atoms with E-state index in [0.717, 1.165) is 6.42 Å². The molecule has 0 aromatic carbocycles. The molecule has 1 rings (SSSR count). The van der Waals surface area contributed by atoms with Crippen LogP contribution in [0.2, 0.25) is 0 Å². The summed E-state index contributed by atoms with van der Waals surface area (Å²) >= 11 is 0. The SMILES string of the molecule is NC1=CCC=N1. The highest BCUT2D eigenvalue weighted by Gasteiger charge is 1.86. The third-order valence-electron chi connectivity index (χ3n) is 0.673. The summed E-state index contributed by atoms with van der Waals surface area (Å²) in [6.07, 6.45) is 4.57. The molecule has 1 heterocycles. The van der Waals surface area contributed by atoms with E-state index in [4.69, 9.17) is 5.73 Å². The molecule has 0 bridgehead atoms. The first-order chi connectivity index (χ1) is 2.89. The van der Waals surface area contributed by atoms with Gasteiger partial charge in [0.25, 0.3) is 0 Å². The molecule has 0 amide bonds. The molecule has 0 aliphatic carbocycles. The maximum absolute atomic E-state index is 5.20. The fourth-order valence-electron chi connectivity index (χ4n) is 0.384. The highest BCUT2D eigenvalue weighted by atomic mass is 14.9. The van der Waals surface area contributed by atoms with Gasteiger partial charge in [-0.3, -0.25) is 0 Å². The van der Waals surface area contributed by atoms with Gasteiger partial charge >= 0.3 is 0 Å². The lowest BCUT2D eigenvalue weighted by Crippen LogP contribution is -1.86. The Bertz CT molecular complexity index is 99.4. The molecule has 0 radical (unpaired) electrons. The average Bonchev–Trinajstić information content (AvgIpc) is 1.86. The van der Waals surface area contributed by atoms with Crippen LogP contribution >= 0.6 is 0 Å². The molecule has 0 fully saturated rings. The summed E-state index contributed by atoms with van der Waals surface area (Å²) in [5, 5.41) is 0. The molecule has 0 saturated heterocycles. The molecule has 0 saturated carbocycles. The van der Waals surface area contributed by atoms with Crippen LogP contribution in [0.15, 0.2) is 16.9 Å². The molecule has 0 unspecified atom stereocenters. The van der Waals surface area contributed by atoms with E-state index < -0.39 is 0 Å². The molecule has 0 aromatic rings. The summed E-state index contributed by atoms with van der Waals surface area (Å²) in [6, 6.07) is 0. The zero-order valence-electron chi connectivity index (χ0n) is 3.39. The monoisotopic (exact) mass is 82.1 g/mol. The highest BCUT2D eigenvalue weighted by Crippen LogP contribution is 1.94. The third kappa shape index (κ3) is 0.407. The normalized spacial score (nSPS) is 18.3. The highest BCUT2D eigenvalue weighted by molar-refractivity contribution is 5.64. The van der Waals surface area contributed by atoms with Crippen molar-refractivity contribution < 1.29 is 0 Å². The second kappa shape index (κ2) is 1.12. The van der Waals surface area contributed by atoms with Crippen LogP contribution in [0.1, 0.15) is 6.42 Å². The van der Waals surface area contributed by atoms with Crippen molar-refractivity contribution in [1.29, 1.82) is 0 Å². The van der Waals surface area contributed by atoms with Gasteiger partial charge in [-0.25, -0.2) is 4.99 Å². The van der Waals surface area contributed by atoms with Crippen molar-refractivity contribution in [2.45, 2.75) is 6.42 Å². The summed E-state index contributed by atoms with van der Waals surface area (Å²) in [5.74, 6) is 0.648. The molecule has 0 aromatic heterocycles. The van der Waals surface area contributed by atoms with E-state index in [0.29, 0.717) is 5.82 Å². The zero-order chi connectivity index (χ0) is 4.41. The average molecular weight is 82.1 g/mol. The Morgan fingerprint density at radius 2 is 2.67 bits per heavy atom. The fraction of sp³-hybridized carbons (Fsp3) is 0.250. The van der Waals surface area contributed by atoms with E-state index >= 15 is 0 Å². The van der Waals surface area contributed by atoms with Crippen molar-refractivity contribution in [3.8, 4) is 0 Å². The van der Waals surface area contributed by atoms with E-state index in [2.05, 4.69) is 4.99 Å². The largest absolute Gasteiger partial charge is 0.384 e. The fourth-order valence-corrected chi connectivity index (χ4v) is 0.384. The number of nitrogens with zero attached hydrogens (tertiary/aromatic N) is 1. The lowest BCUT2D eigenvalue weighted by atomic mass is 10.5. The second-order valence-electron chi connectivity index (χ2n) is 1.18. The standard InChI is InChI=1S/C4H6N2/c5-4-2-1-3-6-4/h2-3H,1,5H2. The van der Waals surface area contributed by atoms with Gasteiger partial charge in [-0.15, -0.1) is 0 Å². The van der Waals surface area contributed by atoms with Crippen molar-refractivity contribution in [3.05, 3.63) is 11.9 Å². The number of allylic oxidation sites excluding steroid dienone is 1. The number of rotatable bonds is 0. The van der Waals surface area contributed by atoms with Gasteiger partial charge in [0.2, 0.25) is 0 Å². The Morgan fingerprint density at radius 1 is 1.83 bits per heavy atom. The lowest BCUT2D eigenvalue weighted by Gasteiger charge is -1.74. The van der Waals surface area contributed by atoms with Crippen molar-refractivity contribution in [2.75, 3.05) is 0 Å². The van der Waals surface area contributed by atoms with Gasteiger partial charge in [0, 0.05) is 12.6 Å². The Labute approximate surface area is 36.4 Å². The van der Waals surface area contributed by atoms with Crippen LogP contribution in [0.5, 0.6) is 0 Å². The van der Waals surface area contributed by atoms with Crippen LogP contribution in [0.4, 0.5) is 0 Å². The zero-order valence-corrected chi connectivity index (χ0v) is 3.39. The maximum Gasteiger partial charge on any atom is 0.119 e. The number of hydrogen-bond acceptors (Lipinski definition) is 2. The Kier molecular flexibility index (Phi) is 0.638. The Hall–Kier alpha value is -0.790. The second-order valence-corrected chi connectivity index (χ2v) is 1.18. The minimum Gasteiger partial charge on any atom is -0.384 e. The molecular weight excluding hydrogens is 76.1 g/mol. The van der Waals surface area contributed by atoms with Gasteiger partial charge in [-0.2, -0.15) is 0 Å². The molecule has 6 heavy (non-hydrogen) atoms. The minimum absolute atomic E-state index is 0.648. The van der Waals surface area contributed by atoms with Gasteiger partial charge in [-0.1, -0.05) is 0 Å². The molecule has 2 heteroatoms. The van der Waals surface area contributed by atoms with Crippen LogP contribution in [-0.4, -0.2) is 6.21 Å². The maximum atomic E-state index is 5.20. The van der Waals surface area contributed by atoms with Gasteiger partial charge < -0.3 is 5.73 Å². The molecular formula is C4H6N2. The van der Waals surface area contributed by atoms with Crippen molar-refractivity contribution >= 4 is 6.21 Å². The molecule has 0 atom stereocenters. The molecule has 1 aliphatic rings. The van der Waals surface area contributed by atoms with Gasteiger partial charge in [0.15, 0.2) is 0 Å². The number of aliphatic imine (C=N–C) groups is 1. The summed E-state index contributed by atoms with van der Waals surface area (Å²) in [5.41, 5.74) is 5.20. The van der Waals surface area contributed by atoms with Crippen LogP contribution in [-0.2, 0) is 0 Å². The van der Waals surface area contributed by atoms with Gasteiger partial charge in [0.1, 0.15) is 5.82 Å². The first kappa shape index (κ1) is 3.40. The van der Waals surface area contributed by atoms with E-state index in [1.54, 1.807) is 6.21 Å². The van der Waals surface area contributed by atoms with E-state index in [-0.39, 0.29) is 0 Å². The minimum atomic E-state index is 0.648.